The summed E-state index contributed by atoms with van der Waals surface area (Å²) < 4.78 is 6.58. The molecule has 6 heteroatoms. The van der Waals surface area contributed by atoms with Crippen molar-refractivity contribution in [2.45, 2.75) is 0 Å². The summed E-state index contributed by atoms with van der Waals surface area (Å²) in [5, 5.41) is 11.4. The summed E-state index contributed by atoms with van der Waals surface area (Å²) in [6.07, 6.45) is 0. The van der Waals surface area contributed by atoms with E-state index in [9.17, 15) is 10.1 Å². The van der Waals surface area contributed by atoms with Crippen molar-refractivity contribution in [3.63, 3.8) is 0 Å². The van der Waals surface area contributed by atoms with Crippen molar-refractivity contribution in [2.75, 3.05) is 0 Å². The molecule has 0 aliphatic heterocycles. The number of aromatic nitrogens is 1. The summed E-state index contributed by atoms with van der Waals surface area (Å²) in [7, 11) is 0. The van der Waals surface area contributed by atoms with Gasteiger partial charge in [0.05, 0.1) is 10.4 Å². The second-order valence-corrected chi connectivity index (χ2v) is 5.26. The van der Waals surface area contributed by atoms with Gasteiger partial charge in [-0.1, -0.05) is 22.0 Å². The highest BCUT2D eigenvalue weighted by Gasteiger charge is 2.08. The highest BCUT2D eigenvalue weighted by atomic mass is 79.9. The van der Waals surface area contributed by atoms with Gasteiger partial charge in [-0.2, -0.15) is 0 Å². The molecule has 3 rings (SSSR count). The summed E-state index contributed by atoms with van der Waals surface area (Å²) in [4.78, 5) is 14.7. The van der Waals surface area contributed by atoms with Crippen LogP contribution in [0.1, 0.15) is 0 Å². The Labute approximate surface area is 128 Å². The Balaban J connectivity index is 1.94. The lowest BCUT2D eigenvalue weighted by atomic mass is 10.2. The molecule has 0 amide bonds. The lowest BCUT2D eigenvalue weighted by molar-refractivity contribution is -0.384. The van der Waals surface area contributed by atoms with E-state index in [4.69, 9.17) is 4.74 Å². The van der Waals surface area contributed by atoms with E-state index in [1.54, 1.807) is 18.2 Å². The normalized spacial score (nSPS) is 10.5. The SMILES string of the molecule is O=[N+]([O-])c1ccc2nc(Oc3cccc(Br)c3)ccc2c1. The fraction of sp³-hybridized carbons (Fsp3) is 0. The Bertz CT molecular complexity index is 836. The quantitative estimate of drug-likeness (QED) is 0.510. The molecule has 3 aromatic rings. The van der Waals surface area contributed by atoms with Gasteiger partial charge in [-0.15, -0.1) is 0 Å². The van der Waals surface area contributed by atoms with Gasteiger partial charge in [-0.25, -0.2) is 4.98 Å². The number of rotatable bonds is 3. The molecule has 0 saturated heterocycles. The molecular formula is C15H9BrN2O3. The average molecular weight is 345 g/mol. The molecule has 5 nitrogen and oxygen atoms in total. The van der Waals surface area contributed by atoms with Gasteiger partial charge in [-0.05, 0) is 30.3 Å². The van der Waals surface area contributed by atoms with Crippen LogP contribution in [0.3, 0.4) is 0 Å². The first-order chi connectivity index (χ1) is 10.1. The van der Waals surface area contributed by atoms with E-state index >= 15 is 0 Å². The number of non-ortho nitro benzene ring substituents is 1. The number of ether oxygens (including phenoxy) is 1. The van der Waals surface area contributed by atoms with Gasteiger partial charge in [0.1, 0.15) is 5.75 Å². The molecule has 0 bridgehead atoms. The fourth-order valence-electron chi connectivity index (χ4n) is 1.92. The van der Waals surface area contributed by atoms with Gasteiger partial charge in [0.15, 0.2) is 0 Å². The number of fused-ring (bicyclic) bond motifs is 1. The molecule has 1 heterocycles. The summed E-state index contributed by atoms with van der Waals surface area (Å²) in [5.41, 5.74) is 0.693. The number of hydrogen-bond acceptors (Lipinski definition) is 4. The van der Waals surface area contributed by atoms with Crippen LogP contribution in [0.25, 0.3) is 10.9 Å². The minimum Gasteiger partial charge on any atom is -0.439 e. The Morgan fingerprint density at radius 3 is 2.71 bits per heavy atom. The lowest BCUT2D eigenvalue weighted by Crippen LogP contribution is -1.91. The molecule has 0 fully saturated rings. The van der Waals surface area contributed by atoms with Crippen LogP contribution in [0.15, 0.2) is 59.1 Å². The number of benzene rings is 2. The van der Waals surface area contributed by atoms with Crippen LogP contribution < -0.4 is 4.74 Å². The van der Waals surface area contributed by atoms with E-state index in [1.807, 2.05) is 24.3 Å². The molecule has 21 heavy (non-hydrogen) atoms. The van der Waals surface area contributed by atoms with Crippen LogP contribution in [0, 0.1) is 10.1 Å². The first kappa shape index (κ1) is 13.5. The third kappa shape index (κ3) is 3.00. The van der Waals surface area contributed by atoms with Crippen molar-refractivity contribution in [1.82, 2.24) is 4.98 Å². The van der Waals surface area contributed by atoms with Crippen LogP contribution in [-0.4, -0.2) is 9.91 Å². The maximum absolute atomic E-state index is 10.7. The zero-order valence-corrected chi connectivity index (χ0v) is 12.3. The van der Waals surface area contributed by atoms with E-state index in [0.29, 0.717) is 22.5 Å². The predicted octanol–water partition coefficient (Wildman–Crippen LogP) is 4.70. The minimum atomic E-state index is -0.425. The summed E-state index contributed by atoms with van der Waals surface area (Å²) in [6.45, 7) is 0. The molecule has 0 unspecified atom stereocenters. The van der Waals surface area contributed by atoms with E-state index in [0.717, 1.165) is 4.47 Å². The highest BCUT2D eigenvalue weighted by molar-refractivity contribution is 9.10. The molecule has 0 N–H and O–H groups in total. The Morgan fingerprint density at radius 2 is 1.95 bits per heavy atom. The number of pyridine rings is 1. The predicted molar refractivity (Wildman–Crippen MR) is 82.6 cm³/mol. The first-order valence-corrected chi connectivity index (χ1v) is 6.90. The van der Waals surface area contributed by atoms with Crippen molar-refractivity contribution in [2.24, 2.45) is 0 Å². The highest BCUT2D eigenvalue weighted by Crippen LogP contribution is 2.26. The zero-order valence-electron chi connectivity index (χ0n) is 10.7. The Kier molecular flexibility index (Phi) is 3.53. The van der Waals surface area contributed by atoms with E-state index in [1.165, 1.54) is 12.1 Å². The second kappa shape index (κ2) is 5.49. The molecule has 0 aliphatic carbocycles. The lowest BCUT2D eigenvalue weighted by Gasteiger charge is -2.06. The van der Waals surface area contributed by atoms with Crippen molar-refractivity contribution in [1.29, 1.82) is 0 Å². The minimum absolute atomic E-state index is 0.0463. The van der Waals surface area contributed by atoms with Crippen molar-refractivity contribution in [3.05, 3.63) is 69.2 Å². The Hall–Kier alpha value is -2.47. The third-order valence-corrected chi connectivity index (χ3v) is 3.37. The first-order valence-electron chi connectivity index (χ1n) is 6.10. The van der Waals surface area contributed by atoms with Gasteiger partial charge in [0, 0.05) is 28.1 Å². The molecule has 104 valence electrons. The maximum Gasteiger partial charge on any atom is 0.270 e. The van der Waals surface area contributed by atoms with E-state index in [2.05, 4.69) is 20.9 Å². The number of nitrogens with zero attached hydrogens (tertiary/aromatic N) is 2. The number of nitro benzene ring substituents is 1. The van der Waals surface area contributed by atoms with Gasteiger partial charge >= 0.3 is 0 Å². The number of hydrogen-bond donors (Lipinski definition) is 0. The second-order valence-electron chi connectivity index (χ2n) is 4.34. The number of halogens is 1. The van der Waals surface area contributed by atoms with E-state index in [-0.39, 0.29) is 5.69 Å². The number of nitro groups is 1. The standard InChI is InChI=1S/C15H9BrN2O3/c16-11-2-1-3-13(9-11)21-15-7-4-10-8-12(18(19)20)5-6-14(10)17-15/h1-9H. The van der Waals surface area contributed by atoms with Crippen LogP contribution >= 0.6 is 15.9 Å². The topological polar surface area (TPSA) is 65.3 Å². The molecule has 1 aromatic heterocycles. The largest absolute Gasteiger partial charge is 0.439 e. The molecule has 0 spiro atoms. The molecule has 0 atom stereocenters. The maximum atomic E-state index is 10.7. The van der Waals surface area contributed by atoms with Crippen LogP contribution in [0.5, 0.6) is 11.6 Å². The average Bonchev–Trinajstić information content (AvgIpc) is 2.46. The zero-order chi connectivity index (χ0) is 14.8. The molecule has 0 saturated carbocycles. The van der Waals surface area contributed by atoms with Crippen LogP contribution in [0.4, 0.5) is 5.69 Å². The van der Waals surface area contributed by atoms with E-state index < -0.39 is 4.92 Å². The smallest absolute Gasteiger partial charge is 0.270 e. The monoisotopic (exact) mass is 344 g/mol. The van der Waals surface area contributed by atoms with Gasteiger partial charge in [-0.3, -0.25) is 10.1 Å². The van der Waals surface area contributed by atoms with Crippen LogP contribution in [0.2, 0.25) is 0 Å². The molecular weight excluding hydrogens is 336 g/mol. The van der Waals surface area contributed by atoms with Crippen LogP contribution in [-0.2, 0) is 0 Å². The van der Waals surface area contributed by atoms with Gasteiger partial charge in [0.25, 0.3) is 5.69 Å². The van der Waals surface area contributed by atoms with Crippen molar-refractivity contribution >= 4 is 32.5 Å². The summed E-state index contributed by atoms with van der Waals surface area (Å²) in [6, 6.07) is 15.4. The fourth-order valence-corrected chi connectivity index (χ4v) is 2.29. The summed E-state index contributed by atoms with van der Waals surface area (Å²) in [5.74, 6) is 1.10. The molecule has 0 aliphatic rings. The summed E-state index contributed by atoms with van der Waals surface area (Å²) >= 11 is 3.37. The Morgan fingerprint density at radius 1 is 1.10 bits per heavy atom. The van der Waals surface area contributed by atoms with Crippen molar-refractivity contribution in [3.8, 4) is 11.6 Å². The van der Waals surface area contributed by atoms with Crippen molar-refractivity contribution < 1.29 is 9.66 Å². The molecule has 2 aromatic carbocycles. The molecule has 0 radical (unpaired) electrons. The van der Waals surface area contributed by atoms with Gasteiger partial charge in [0.2, 0.25) is 5.88 Å². The third-order valence-electron chi connectivity index (χ3n) is 2.88. The van der Waals surface area contributed by atoms with Gasteiger partial charge < -0.3 is 4.74 Å².